The van der Waals surface area contributed by atoms with Gasteiger partial charge in [0, 0.05) is 12.4 Å². The Kier molecular flexibility index (Phi) is 4.05. The lowest BCUT2D eigenvalue weighted by Crippen LogP contribution is -2.44. The molecule has 1 heterocycles. The molecular formula is C24H29NO2. The van der Waals surface area contributed by atoms with Gasteiger partial charge in [0.2, 0.25) is 0 Å². The predicted molar refractivity (Wildman–Crippen MR) is 106 cm³/mol. The van der Waals surface area contributed by atoms with E-state index in [9.17, 15) is 10.2 Å². The van der Waals surface area contributed by atoms with Crippen molar-refractivity contribution in [2.45, 2.75) is 57.5 Å². The van der Waals surface area contributed by atoms with Crippen molar-refractivity contribution in [3.63, 3.8) is 0 Å². The third-order valence-corrected chi connectivity index (χ3v) is 8.05. The second-order valence-electron chi connectivity index (χ2n) is 9.35. The molecule has 0 bridgehead atoms. The molecule has 5 rings (SSSR count). The number of hydrogen-bond donors (Lipinski definition) is 2. The number of rotatable bonds is 2. The molecule has 27 heavy (non-hydrogen) atoms. The average molecular weight is 364 g/mol. The highest BCUT2D eigenvalue weighted by atomic mass is 16.3. The molecule has 0 amide bonds. The Morgan fingerprint density at radius 3 is 2.93 bits per heavy atom. The van der Waals surface area contributed by atoms with Crippen LogP contribution in [0.4, 0.5) is 0 Å². The molecular weight excluding hydrogens is 334 g/mol. The molecule has 6 atom stereocenters. The number of fused-ring (bicyclic) bond motifs is 5. The first-order chi connectivity index (χ1) is 13.1. The molecule has 1 aromatic carbocycles. The number of nitrogens with zero attached hydrogens (tertiary/aromatic N) is 1. The van der Waals surface area contributed by atoms with Gasteiger partial charge in [-0.25, -0.2) is 0 Å². The molecule has 0 spiro atoms. The summed E-state index contributed by atoms with van der Waals surface area (Å²) >= 11 is 0. The highest BCUT2D eigenvalue weighted by molar-refractivity contribution is 5.40. The number of aromatic hydroxyl groups is 1. The molecule has 2 saturated carbocycles. The normalized spacial score (nSPS) is 37.3. The molecule has 2 N–H and O–H groups in total. The van der Waals surface area contributed by atoms with Crippen molar-refractivity contribution < 1.29 is 10.2 Å². The van der Waals surface area contributed by atoms with Crippen LogP contribution in [-0.4, -0.2) is 21.3 Å². The number of hydrogen-bond acceptors (Lipinski definition) is 3. The predicted octanol–water partition coefficient (Wildman–Crippen LogP) is 4.47. The van der Waals surface area contributed by atoms with E-state index in [1.54, 1.807) is 0 Å². The summed E-state index contributed by atoms with van der Waals surface area (Å²) in [5.74, 6) is 2.57. The third kappa shape index (κ3) is 2.70. The Balaban J connectivity index is 1.42. The monoisotopic (exact) mass is 363 g/mol. The van der Waals surface area contributed by atoms with Crippen LogP contribution in [0.1, 0.15) is 55.2 Å². The van der Waals surface area contributed by atoms with Crippen LogP contribution in [0.15, 0.2) is 42.7 Å². The molecule has 2 aromatic rings. The zero-order valence-electron chi connectivity index (χ0n) is 16.0. The Labute approximate surface area is 161 Å². The topological polar surface area (TPSA) is 53.4 Å². The largest absolute Gasteiger partial charge is 0.508 e. The van der Waals surface area contributed by atoms with Crippen LogP contribution >= 0.6 is 0 Å². The zero-order valence-corrected chi connectivity index (χ0v) is 16.0. The molecule has 3 aliphatic carbocycles. The number of aliphatic hydroxyl groups is 1. The highest BCUT2D eigenvalue weighted by Crippen LogP contribution is 2.62. The maximum atomic E-state index is 11.3. The van der Waals surface area contributed by atoms with E-state index in [0.29, 0.717) is 29.4 Å². The Morgan fingerprint density at radius 1 is 1.22 bits per heavy atom. The molecule has 0 aliphatic heterocycles. The highest BCUT2D eigenvalue weighted by Gasteiger charge is 2.57. The summed E-state index contributed by atoms with van der Waals surface area (Å²) in [4.78, 5) is 4.26. The van der Waals surface area contributed by atoms with Crippen LogP contribution in [0.2, 0.25) is 0 Å². The number of benzene rings is 1. The van der Waals surface area contributed by atoms with E-state index in [-0.39, 0.29) is 11.5 Å². The van der Waals surface area contributed by atoms with Crippen LogP contribution in [0.5, 0.6) is 5.75 Å². The van der Waals surface area contributed by atoms with Crippen LogP contribution in [0.25, 0.3) is 0 Å². The average Bonchev–Trinajstić information content (AvgIpc) is 2.93. The minimum absolute atomic E-state index is 0.0441. The fourth-order valence-corrected chi connectivity index (χ4v) is 6.74. The standard InChI is InChI=1S/C24H29NO2/c1-24-9-8-20-19-7-5-18(26)12-16(19)4-6-21(20)22(24)13-17(23(24)27)11-15-3-2-10-25-14-15/h2-3,5,7,10,12,14,17,20-23,26-27H,4,6,8-9,11,13H2,1H3/t17-,20+,21+,22-,23-,24-/m0/s1. The molecule has 3 heteroatoms. The van der Waals surface area contributed by atoms with Crippen LogP contribution in [-0.2, 0) is 12.8 Å². The molecule has 142 valence electrons. The van der Waals surface area contributed by atoms with Crippen molar-refractivity contribution in [2.75, 3.05) is 0 Å². The lowest BCUT2D eigenvalue weighted by molar-refractivity contribution is -0.0325. The smallest absolute Gasteiger partial charge is 0.115 e. The number of aryl methyl sites for hydroxylation is 1. The van der Waals surface area contributed by atoms with Crippen LogP contribution in [0.3, 0.4) is 0 Å². The van der Waals surface area contributed by atoms with Gasteiger partial charge in [0.1, 0.15) is 5.75 Å². The summed E-state index contributed by atoms with van der Waals surface area (Å²) in [5.41, 5.74) is 4.08. The van der Waals surface area contributed by atoms with Gasteiger partial charge in [0.15, 0.2) is 0 Å². The Hall–Kier alpha value is -1.87. The molecule has 2 fully saturated rings. The maximum absolute atomic E-state index is 11.3. The van der Waals surface area contributed by atoms with Crippen LogP contribution < -0.4 is 0 Å². The van der Waals surface area contributed by atoms with Crippen molar-refractivity contribution in [3.8, 4) is 5.75 Å². The fraction of sp³-hybridized carbons (Fsp3) is 0.542. The second kappa shape index (κ2) is 6.34. The zero-order chi connectivity index (χ0) is 18.6. The summed E-state index contributed by atoms with van der Waals surface area (Å²) in [7, 11) is 0. The van der Waals surface area contributed by atoms with Gasteiger partial charge in [0.05, 0.1) is 6.10 Å². The van der Waals surface area contributed by atoms with E-state index in [2.05, 4.69) is 24.0 Å². The first-order valence-electron chi connectivity index (χ1n) is 10.4. The van der Waals surface area contributed by atoms with Crippen molar-refractivity contribution in [1.29, 1.82) is 0 Å². The lowest BCUT2D eigenvalue weighted by Gasteiger charge is -2.50. The first kappa shape index (κ1) is 17.2. The number of aromatic nitrogens is 1. The third-order valence-electron chi connectivity index (χ3n) is 8.05. The maximum Gasteiger partial charge on any atom is 0.115 e. The molecule has 0 radical (unpaired) electrons. The summed E-state index contributed by atoms with van der Waals surface area (Å²) < 4.78 is 0. The van der Waals surface area contributed by atoms with Gasteiger partial charge in [-0.15, -0.1) is 0 Å². The summed E-state index contributed by atoms with van der Waals surface area (Å²) in [6.07, 6.45) is 10.1. The molecule has 0 saturated heterocycles. The number of aliphatic hydroxyl groups excluding tert-OH is 1. The van der Waals surface area contributed by atoms with Gasteiger partial charge < -0.3 is 10.2 Å². The second-order valence-corrected chi connectivity index (χ2v) is 9.35. The number of phenols is 1. The van der Waals surface area contributed by atoms with Crippen molar-refractivity contribution >= 4 is 0 Å². The number of pyridine rings is 1. The lowest BCUT2D eigenvalue weighted by atomic mass is 9.55. The van der Waals surface area contributed by atoms with E-state index in [1.807, 2.05) is 30.6 Å². The molecule has 1 aromatic heterocycles. The van der Waals surface area contributed by atoms with Gasteiger partial charge in [0.25, 0.3) is 0 Å². The Morgan fingerprint density at radius 2 is 2.11 bits per heavy atom. The van der Waals surface area contributed by atoms with Crippen molar-refractivity contribution in [3.05, 3.63) is 59.4 Å². The van der Waals surface area contributed by atoms with Gasteiger partial charge in [-0.2, -0.15) is 0 Å². The SMILES string of the molecule is C[C@]12CC[C@@H]3c4ccc(O)cc4CC[C@H]3[C@@H]1C[C@H](Cc1cccnc1)[C@@H]2O. The van der Waals surface area contributed by atoms with E-state index in [4.69, 9.17) is 0 Å². The molecule has 0 unspecified atom stereocenters. The minimum Gasteiger partial charge on any atom is -0.508 e. The van der Waals surface area contributed by atoms with Crippen molar-refractivity contribution in [2.24, 2.45) is 23.2 Å². The summed E-state index contributed by atoms with van der Waals surface area (Å²) in [6, 6.07) is 10.1. The number of phenolic OH excluding ortho intramolecular Hbond substituents is 1. The van der Waals surface area contributed by atoms with Crippen LogP contribution in [0, 0.1) is 23.2 Å². The molecule has 3 aliphatic rings. The first-order valence-corrected chi connectivity index (χ1v) is 10.4. The Bertz CT molecular complexity index is 836. The minimum atomic E-state index is -0.218. The molecule has 3 nitrogen and oxygen atoms in total. The summed E-state index contributed by atoms with van der Waals surface area (Å²) in [5, 5.41) is 21.1. The quantitative estimate of drug-likeness (QED) is 0.827. The van der Waals surface area contributed by atoms with E-state index >= 15 is 0 Å². The summed E-state index contributed by atoms with van der Waals surface area (Å²) in [6.45, 7) is 2.34. The van der Waals surface area contributed by atoms with Crippen molar-refractivity contribution in [1.82, 2.24) is 4.98 Å². The van der Waals surface area contributed by atoms with E-state index in [1.165, 1.54) is 23.1 Å². The van der Waals surface area contributed by atoms with Gasteiger partial charge >= 0.3 is 0 Å². The van der Waals surface area contributed by atoms with E-state index in [0.717, 1.165) is 32.1 Å². The van der Waals surface area contributed by atoms with Gasteiger partial charge in [-0.05, 0) is 103 Å². The fourth-order valence-electron chi connectivity index (χ4n) is 6.74. The van der Waals surface area contributed by atoms with Gasteiger partial charge in [-0.3, -0.25) is 4.98 Å². The van der Waals surface area contributed by atoms with E-state index < -0.39 is 0 Å². The van der Waals surface area contributed by atoms with Gasteiger partial charge in [-0.1, -0.05) is 19.1 Å².